The summed E-state index contributed by atoms with van der Waals surface area (Å²) in [4.78, 5) is 10.8. The van der Waals surface area contributed by atoms with E-state index in [0.29, 0.717) is 6.54 Å². The number of carbonyl (C=O) groups is 1. The van der Waals surface area contributed by atoms with Gasteiger partial charge in [-0.2, -0.15) is 4.31 Å². The maximum absolute atomic E-state index is 12.7. The molecule has 1 aromatic rings. The number of primary amides is 1. The van der Waals surface area contributed by atoms with Crippen LogP contribution in [0.5, 0.6) is 5.75 Å². The Balaban J connectivity index is 2.24. The Morgan fingerprint density at radius 3 is 2.77 bits per heavy atom. The molecule has 2 N–H and O–H groups in total. The number of piperidine rings is 1. The fourth-order valence-corrected chi connectivity index (χ4v) is 4.50. The standard InChI is InChI=1S/C14H19ClN2O4S/c1-10-4-2-3-7-17(10)22(19,20)11-5-6-13(12(15)8-11)21-9-14(16)18/h5-6,8,10H,2-4,7,9H2,1H3,(H2,16,18)/t10-/m0/s1. The van der Waals surface area contributed by atoms with Crippen LogP contribution >= 0.6 is 11.6 Å². The highest BCUT2D eigenvalue weighted by molar-refractivity contribution is 7.89. The van der Waals surface area contributed by atoms with E-state index < -0.39 is 15.9 Å². The topological polar surface area (TPSA) is 89.7 Å². The lowest BCUT2D eigenvalue weighted by molar-refractivity contribution is -0.119. The van der Waals surface area contributed by atoms with E-state index >= 15 is 0 Å². The van der Waals surface area contributed by atoms with Crippen molar-refractivity contribution in [2.45, 2.75) is 37.1 Å². The van der Waals surface area contributed by atoms with Crippen molar-refractivity contribution in [2.24, 2.45) is 5.73 Å². The molecule has 1 saturated heterocycles. The molecule has 0 aromatic heterocycles. The van der Waals surface area contributed by atoms with Crippen molar-refractivity contribution in [3.05, 3.63) is 23.2 Å². The summed E-state index contributed by atoms with van der Waals surface area (Å²) < 4.78 is 32.0. The first-order valence-corrected chi connectivity index (χ1v) is 8.86. The zero-order valence-corrected chi connectivity index (χ0v) is 13.9. The van der Waals surface area contributed by atoms with Crippen LogP contribution in [0, 0.1) is 0 Å². The zero-order valence-electron chi connectivity index (χ0n) is 12.3. The van der Waals surface area contributed by atoms with Crippen LogP contribution in [0.4, 0.5) is 0 Å². The summed E-state index contributed by atoms with van der Waals surface area (Å²) in [5.41, 5.74) is 4.99. The second-order valence-corrected chi connectivity index (χ2v) is 7.61. The first-order chi connectivity index (χ1) is 10.3. The fourth-order valence-electron chi connectivity index (χ4n) is 2.47. The van der Waals surface area contributed by atoms with Crippen molar-refractivity contribution in [3.63, 3.8) is 0 Å². The summed E-state index contributed by atoms with van der Waals surface area (Å²) in [5, 5.41) is 0.131. The van der Waals surface area contributed by atoms with E-state index in [1.54, 1.807) is 0 Å². The van der Waals surface area contributed by atoms with Crippen molar-refractivity contribution in [3.8, 4) is 5.75 Å². The van der Waals surface area contributed by atoms with Crippen molar-refractivity contribution >= 4 is 27.5 Å². The predicted molar refractivity (Wildman–Crippen MR) is 83.3 cm³/mol. The molecule has 0 spiro atoms. The minimum atomic E-state index is -3.58. The molecule has 1 aliphatic heterocycles. The monoisotopic (exact) mass is 346 g/mol. The second kappa shape index (κ2) is 6.85. The largest absolute Gasteiger partial charge is 0.482 e. The van der Waals surface area contributed by atoms with E-state index in [-0.39, 0.29) is 28.3 Å². The van der Waals surface area contributed by atoms with Gasteiger partial charge in [-0.15, -0.1) is 0 Å². The number of nitrogens with two attached hydrogens (primary N) is 1. The van der Waals surface area contributed by atoms with Gasteiger partial charge in [-0.25, -0.2) is 8.42 Å². The third kappa shape index (κ3) is 3.71. The van der Waals surface area contributed by atoms with Gasteiger partial charge in [0.15, 0.2) is 6.61 Å². The Kier molecular flexibility index (Phi) is 5.31. The van der Waals surface area contributed by atoms with Crippen LogP contribution in [0.1, 0.15) is 26.2 Å². The Bertz CT molecular complexity index is 663. The number of sulfonamides is 1. The first-order valence-electron chi connectivity index (χ1n) is 7.05. The van der Waals surface area contributed by atoms with Gasteiger partial charge in [0.25, 0.3) is 5.91 Å². The van der Waals surface area contributed by atoms with Gasteiger partial charge in [0, 0.05) is 12.6 Å². The molecule has 0 radical (unpaired) electrons. The summed E-state index contributed by atoms with van der Waals surface area (Å²) in [7, 11) is -3.58. The lowest BCUT2D eigenvalue weighted by atomic mass is 10.1. The normalized spacial score (nSPS) is 19.8. The number of hydrogen-bond donors (Lipinski definition) is 1. The Morgan fingerprint density at radius 2 is 2.18 bits per heavy atom. The smallest absolute Gasteiger partial charge is 0.255 e. The summed E-state index contributed by atoms with van der Waals surface area (Å²) in [5.74, 6) is -0.402. The number of ether oxygens (including phenoxy) is 1. The van der Waals surface area contributed by atoms with Gasteiger partial charge in [-0.05, 0) is 38.0 Å². The number of benzene rings is 1. The molecule has 22 heavy (non-hydrogen) atoms. The molecule has 1 heterocycles. The summed E-state index contributed by atoms with van der Waals surface area (Å²) >= 11 is 6.03. The lowest BCUT2D eigenvalue weighted by Crippen LogP contribution is -2.41. The highest BCUT2D eigenvalue weighted by Crippen LogP contribution is 2.31. The molecule has 0 unspecified atom stereocenters. The van der Waals surface area contributed by atoms with Crippen molar-refractivity contribution in [1.82, 2.24) is 4.31 Å². The van der Waals surface area contributed by atoms with Gasteiger partial charge in [0.1, 0.15) is 5.75 Å². The highest BCUT2D eigenvalue weighted by Gasteiger charge is 2.31. The molecule has 1 amide bonds. The summed E-state index contributed by atoms with van der Waals surface area (Å²) in [6.07, 6.45) is 2.75. The first kappa shape index (κ1) is 17.1. The SMILES string of the molecule is C[C@H]1CCCCN1S(=O)(=O)c1ccc(OCC(N)=O)c(Cl)c1. The van der Waals surface area contributed by atoms with Crippen LogP contribution in [0.3, 0.4) is 0 Å². The van der Waals surface area contributed by atoms with E-state index in [9.17, 15) is 13.2 Å². The molecule has 122 valence electrons. The molecule has 1 atom stereocenters. The third-order valence-electron chi connectivity index (χ3n) is 3.62. The van der Waals surface area contributed by atoms with E-state index in [4.69, 9.17) is 22.1 Å². The minimum absolute atomic E-state index is 0.0247. The Labute approximate surface area is 135 Å². The average molecular weight is 347 g/mol. The Hall–Kier alpha value is -1.31. The van der Waals surface area contributed by atoms with E-state index in [1.807, 2.05) is 6.92 Å². The van der Waals surface area contributed by atoms with Gasteiger partial charge in [0.2, 0.25) is 10.0 Å². The molecule has 2 rings (SSSR count). The number of hydrogen-bond acceptors (Lipinski definition) is 4. The number of rotatable bonds is 5. The Morgan fingerprint density at radius 1 is 1.45 bits per heavy atom. The van der Waals surface area contributed by atoms with Crippen molar-refractivity contribution in [2.75, 3.05) is 13.2 Å². The molecule has 1 aliphatic rings. The molecule has 0 bridgehead atoms. The lowest BCUT2D eigenvalue weighted by Gasteiger charge is -2.32. The predicted octanol–water partition coefficient (Wildman–Crippen LogP) is 1.77. The molecule has 0 saturated carbocycles. The van der Waals surface area contributed by atoms with Gasteiger partial charge in [-0.3, -0.25) is 4.79 Å². The van der Waals surface area contributed by atoms with Gasteiger partial charge in [0.05, 0.1) is 9.92 Å². The maximum Gasteiger partial charge on any atom is 0.255 e. The highest BCUT2D eigenvalue weighted by atomic mass is 35.5. The number of carbonyl (C=O) groups excluding carboxylic acids is 1. The van der Waals surface area contributed by atoms with Crippen molar-refractivity contribution < 1.29 is 17.9 Å². The maximum atomic E-state index is 12.7. The molecule has 6 nitrogen and oxygen atoms in total. The van der Waals surface area contributed by atoms with Gasteiger partial charge in [-0.1, -0.05) is 18.0 Å². The molecule has 1 fully saturated rings. The van der Waals surface area contributed by atoms with Crippen LogP contribution in [-0.4, -0.2) is 37.8 Å². The third-order valence-corrected chi connectivity index (χ3v) is 5.93. The van der Waals surface area contributed by atoms with Gasteiger partial charge >= 0.3 is 0 Å². The summed E-state index contributed by atoms with van der Waals surface area (Å²) in [6.45, 7) is 2.11. The minimum Gasteiger partial charge on any atom is -0.482 e. The van der Waals surface area contributed by atoms with E-state index in [1.165, 1.54) is 22.5 Å². The van der Waals surface area contributed by atoms with E-state index in [2.05, 4.69) is 0 Å². The second-order valence-electron chi connectivity index (χ2n) is 5.31. The van der Waals surface area contributed by atoms with Crippen LogP contribution < -0.4 is 10.5 Å². The molecule has 8 heteroatoms. The van der Waals surface area contributed by atoms with Gasteiger partial charge < -0.3 is 10.5 Å². The van der Waals surface area contributed by atoms with Crippen molar-refractivity contribution in [1.29, 1.82) is 0 Å². The zero-order chi connectivity index (χ0) is 16.3. The molecular formula is C14H19ClN2O4S. The van der Waals surface area contributed by atoms with Crippen LogP contribution in [0.25, 0.3) is 0 Å². The number of halogens is 1. The summed E-state index contributed by atoms with van der Waals surface area (Å²) in [6, 6.07) is 4.18. The van der Waals surface area contributed by atoms with Crippen LogP contribution in [0.2, 0.25) is 5.02 Å². The number of amides is 1. The quantitative estimate of drug-likeness (QED) is 0.879. The van der Waals surface area contributed by atoms with Crippen LogP contribution in [0.15, 0.2) is 23.1 Å². The molecule has 0 aliphatic carbocycles. The van der Waals surface area contributed by atoms with Crippen LogP contribution in [-0.2, 0) is 14.8 Å². The van der Waals surface area contributed by atoms with E-state index in [0.717, 1.165) is 19.3 Å². The fraction of sp³-hybridized carbons (Fsp3) is 0.500. The molecule has 1 aromatic carbocycles. The molecular weight excluding hydrogens is 328 g/mol. The number of nitrogens with zero attached hydrogens (tertiary/aromatic N) is 1. The average Bonchev–Trinajstić information content (AvgIpc) is 2.46.